The average molecular weight is 245 g/mol. The first-order chi connectivity index (χ1) is 8.67. The molecule has 0 spiro atoms. The lowest BCUT2D eigenvalue weighted by Crippen LogP contribution is -2.04. The van der Waals surface area contributed by atoms with E-state index < -0.39 is 0 Å². The van der Waals surface area contributed by atoms with Crippen LogP contribution in [-0.4, -0.2) is 23.4 Å². The highest BCUT2D eigenvalue weighted by Gasteiger charge is 2.14. The van der Waals surface area contributed by atoms with Crippen LogP contribution in [0.4, 0.5) is 0 Å². The van der Waals surface area contributed by atoms with E-state index in [4.69, 9.17) is 10.5 Å². The molecule has 18 heavy (non-hydrogen) atoms. The molecule has 0 aliphatic carbocycles. The molecule has 0 saturated heterocycles. The molecule has 0 amide bonds. The molecule has 4 nitrogen and oxygen atoms in total. The van der Waals surface area contributed by atoms with Crippen LogP contribution in [0.5, 0.6) is 5.75 Å². The zero-order chi connectivity index (χ0) is 13.1. The molecule has 0 atom stereocenters. The van der Waals surface area contributed by atoms with E-state index in [0.717, 1.165) is 29.1 Å². The lowest BCUT2D eigenvalue weighted by molar-refractivity contribution is 0.415. The van der Waals surface area contributed by atoms with Gasteiger partial charge in [0, 0.05) is 24.7 Å². The normalized spacial score (nSPS) is 10.7. The Bertz CT molecular complexity index is 529. The summed E-state index contributed by atoms with van der Waals surface area (Å²) in [6, 6.07) is 8.05. The quantitative estimate of drug-likeness (QED) is 0.895. The van der Waals surface area contributed by atoms with E-state index in [1.54, 1.807) is 7.11 Å². The van der Waals surface area contributed by atoms with Crippen LogP contribution in [0.15, 0.2) is 24.3 Å². The summed E-state index contributed by atoms with van der Waals surface area (Å²) >= 11 is 0. The van der Waals surface area contributed by atoms with E-state index in [-0.39, 0.29) is 0 Å². The minimum Gasteiger partial charge on any atom is -0.497 e. The van der Waals surface area contributed by atoms with Crippen LogP contribution in [-0.2, 0) is 13.5 Å². The number of aromatic nitrogens is 2. The van der Waals surface area contributed by atoms with Crippen molar-refractivity contribution in [2.45, 2.75) is 13.3 Å². The van der Waals surface area contributed by atoms with E-state index in [9.17, 15) is 0 Å². The number of hydrogen-bond donors (Lipinski definition) is 1. The molecule has 0 saturated carbocycles. The molecule has 0 radical (unpaired) electrons. The Morgan fingerprint density at radius 3 is 2.50 bits per heavy atom. The molecule has 1 aromatic heterocycles. The molecule has 0 fully saturated rings. The first kappa shape index (κ1) is 12.6. The SMILES string of the molecule is COc1ccc(-c2c(CCN)nn(C)c2C)cc1. The lowest BCUT2D eigenvalue weighted by atomic mass is 10.0. The van der Waals surface area contributed by atoms with Gasteiger partial charge in [0.05, 0.1) is 12.8 Å². The Hall–Kier alpha value is -1.81. The van der Waals surface area contributed by atoms with Gasteiger partial charge in [-0.25, -0.2) is 0 Å². The van der Waals surface area contributed by atoms with Gasteiger partial charge in [0.2, 0.25) is 0 Å². The number of nitrogens with two attached hydrogens (primary N) is 1. The van der Waals surface area contributed by atoms with E-state index in [1.807, 2.05) is 23.9 Å². The lowest BCUT2D eigenvalue weighted by Gasteiger charge is -2.05. The molecule has 2 N–H and O–H groups in total. The zero-order valence-electron chi connectivity index (χ0n) is 11.1. The maximum atomic E-state index is 5.64. The van der Waals surface area contributed by atoms with Crippen LogP contribution in [0.2, 0.25) is 0 Å². The smallest absolute Gasteiger partial charge is 0.118 e. The first-order valence-electron chi connectivity index (χ1n) is 6.04. The van der Waals surface area contributed by atoms with Gasteiger partial charge in [0.25, 0.3) is 0 Å². The summed E-state index contributed by atoms with van der Waals surface area (Å²) in [5.74, 6) is 0.862. The van der Waals surface area contributed by atoms with E-state index >= 15 is 0 Å². The molecule has 0 aliphatic rings. The zero-order valence-corrected chi connectivity index (χ0v) is 11.1. The van der Waals surface area contributed by atoms with E-state index in [1.165, 1.54) is 5.56 Å². The maximum absolute atomic E-state index is 5.64. The molecule has 0 unspecified atom stereocenters. The van der Waals surface area contributed by atoms with Crippen molar-refractivity contribution in [1.29, 1.82) is 0 Å². The van der Waals surface area contributed by atoms with E-state index in [2.05, 4.69) is 24.2 Å². The van der Waals surface area contributed by atoms with Gasteiger partial charge >= 0.3 is 0 Å². The predicted molar refractivity (Wildman–Crippen MR) is 72.7 cm³/mol. The summed E-state index contributed by atoms with van der Waals surface area (Å²) in [5.41, 5.74) is 10.2. The van der Waals surface area contributed by atoms with Gasteiger partial charge < -0.3 is 10.5 Å². The molecule has 0 bridgehead atoms. The first-order valence-corrected chi connectivity index (χ1v) is 6.04. The summed E-state index contributed by atoms with van der Waals surface area (Å²) < 4.78 is 7.08. The topological polar surface area (TPSA) is 53.1 Å². The highest BCUT2D eigenvalue weighted by atomic mass is 16.5. The van der Waals surface area contributed by atoms with Crippen LogP contribution in [0.1, 0.15) is 11.4 Å². The maximum Gasteiger partial charge on any atom is 0.118 e. The number of rotatable bonds is 4. The molecular formula is C14H19N3O. The number of nitrogens with zero attached hydrogens (tertiary/aromatic N) is 2. The monoisotopic (exact) mass is 245 g/mol. The van der Waals surface area contributed by atoms with Crippen LogP contribution in [0.3, 0.4) is 0 Å². The summed E-state index contributed by atoms with van der Waals surface area (Å²) in [5, 5.41) is 4.52. The molecule has 2 rings (SSSR count). The summed E-state index contributed by atoms with van der Waals surface area (Å²) in [6.07, 6.45) is 0.795. The number of hydrogen-bond acceptors (Lipinski definition) is 3. The van der Waals surface area contributed by atoms with Gasteiger partial charge in [0.15, 0.2) is 0 Å². The minimum atomic E-state index is 0.611. The molecule has 0 aliphatic heterocycles. The Kier molecular flexibility index (Phi) is 3.67. The third-order valence-corrected chi connectivity index (χ3v) is 3.17. The highest BCUT2D eigenvalue weighted by Crippen LogP contribution is 2.28. The summed E-state index contributed by atoms with van der Waals surface area (Å²) in [6.45, 7) is 2.69. The van der Waals surface area contributed by atoms with Crippen LogP contribution >= 0.6 is 0 Å². The number of aryl methyl sites for hydroxylation is 1. The second-order valence-corrected chi connectivity index (χ2v) is 4.30. The summed E-state index contributed by atoms with van der Waals surface area (Å²) in [7, 11) is 3.63. The van der Waals surface area contributed by atoms with E-state index in [0.29, 0.717) is 6.54 Å². The van der Waals surface area contributed by atoms with Crippen molar-refractivity contribution >= 4 is 0 Å². The third-order valence-electron chi connectivity index (χ3n) is 3.17. The van der Waals surface area contributed by atoms with Crippen LogP contribution < -0.4 is 10.5 Å². The number of ether oxygens (including phenoxy) is 1. The van der Waals surface area contributed by atoms with Crippen molar-refractivity contribution in [2.75, 3.05) is 13.7 Å². The third kappa shape index (κ3) is 2.24. The highest BCUT2D eigenvalue weighted by molar-refractivity contribution is 5.69. The number of benzene rings is 1. The van der Waals surface area contributed by atoms with Crippen molar-refractivity contribution in [3.8, 4) is 16.9 Å². The van der Waals surface area contributed by atoms with Crippen molar-refractivity contribution in [3.05, 3.63) is 35.7 Å². The fraction of sp³-hybridized carbons (Fsp3) is 0.357. The Morgan fingerprint density at radius 1 is 1.28 bits per heavy atom. The van der Waals surface area contributed by atoms with Crippen molar-refractivity contribution in [1.82, 2.24) is 9.78 Å². The van der Waals surface area contributed by atoms with Gasteiger partial charge in [-0.15, -0.1) is 0 Å². The van der Waals surface area contributed by atoms with Crippen molar-refractivity contribution in [2.24, 2.45) is 12.8 Å². The standard InChI is InChI=1S/C14H19N3O/c1-10-14(13(8-9-15)16-17(10)2)11-4-6-12(18-3)7-5-11/h4-7H,8-9,15H2,1-3H3. The Balaban J connectivity index is 2.47. The minimum absolute atomic E-state index is 0.611. The second kappa shape index (κ2) is 5.23. The van der Waals surface area contributed by atoms with Crippen molar-refractivity contribution in [3.63, 3.8) is 0 Å². The Labute approximate surface area is 107 Å². The predicted octanol–water partition coefficient (Wildman–Crippen LogP) is 1.91. The van der Waals surface area contributed by atoms with Gasteiger partial charge in [-0.1, -0.05) is 12.1 Å². The molecular weight excluding hydrogens is 226 g/mol. The molecule has 4 heteroatoms. The number of methoxy groups -OCH3 is 1. The van der Waals surface area contributed by atoms with Gasteiger partial charge in [-0.2, -0.15) is 5.10 Å². The van der Waals surface area contributed by atoms with Crippen LogP contribution in [0, 0.1) is 6.92 Å². The summed E-state index contributed by atoms with van der Waals surface area (Å²) in [4.78, 5) is 0. The van der Waals surface area contributed by atoms with Gasteiger partial charge in [-0.3, -0.25) is 4.68 Å². The molecule has 2 aromatic rings. The second-order valence-electron chi connectivity index (χ2n) is 4.30. The molecule has 1 aromatic carbocycles. The Morgan fingerprint density at radius 2 is 1.94 bits per heavy atom. The fourth-order valence-corrected chi connectivity index (χ4v) is 2.12. The van der Waals surface area contributed by atoms with Crippen molar-refractivity contribution < 1.29 is 4.74 Å². The largest absolute Gasteiger partial charge is 0.497 e. The van der Waals surface area contributed by atoms with Gasteiger partial charge in [0.1, 0.15) is 5.75 Å². The van der Waals surface area contributed by atoms with Gasteiger partial charge in [-0.05, 0) is 31.2 Å². The van der Waals surface area contributed by atoms with Crippen LogP contribution in [0.25, 0.3) is 11.1 Å². The molecule has 1 heterocycles. The molecule has 96 valence electrons. The average Bonchev–Trinajstić information content (AvgIpc) is 2.66. The fourth-order valence-electron chi connectivity index (χ4n) is 2.12.